The Morgan fingerprint density at radius 2 is 1.83 bits per heavy atom. The van der Waals surface area contributed by atoms with E-state index in [9.17, 15) is 4.79 Å². The highest BCUT2D eigenvalue weighted by atomic mass is 16.1. The third-order valence-electron chi connectivity index (χ3n) is 5.31. The van der Waals surface area contributed by atoms with Crippen LogP contribution in [0.15, 0.2) is 53.7 Å². The highest BCUT2D eigenvalue weighted by Crippen LogP contribution is 2.35. The largest absolute Gasteiger partial charge is 0.378 e. The maximum Gasteiger partial charge on any atom is 0.255 e. The van der Waals surface area contributed by atoms with E-state index in [2.05, 4.69) is 26.2 Å². The Bertz CT molecular complexity index is 1130. The molecule has 1 aliphatic rings. The van der Waals surface area contributed by atoms with Crippen molar-refractivity contribution in [1.82, 2.24) is 20.2 Å². The molecule has 3 aromatic rings. The van der Waals surface area contributed by atoms with E-state index in [-0.39, 0.29) is 5.91 Å². The number of aromatic nitrogens is 4. The summed E-state index contributed by atoms with van der Waals surface area (Å²) in [6.45, 7) is 5.89. The molecular formula is C22H25N7O. The number of carbonyl (C=O) groups is 1. The fourth-order valence-electron chi connectivity index (χ4n) is 3.71. The Labute approximate surface area is 175 Å². The minimum absolute atomic E-state index is 0.185. The Balaban J connectivity index is 1.74. The van der Waals surface area contributed by atoms with Gasteiger partial charge >= 0.3 is 0 Å². The third kappa shape index (κ3) is 3.52. The molecular weight excluding hydrogens is 378 g/mol. The zero-order valence-electron chi connectivity index (χ0n) is 17.8. The molecule has 8 nitrogen and oxygen atoms in total. The number of anilines is 3. The van der Waals surface area contributed by atoms with E-state index in [1.807, 2.05) is 82.2 Å². The second-order valence-corrected chi connectivity index (χ2v) is 7.77. The second-order valence-electron chi connectivity index (χ2n) is 7.77. The first-order valence-corrected chi connectivity index (χ1v) is 9.76. The standard InChI is InChI=1S/C22H25N7O/c1-13-6-11-18(14(2)12-13)24-21(30)19-15(3)23-22-25-26-27-29(22)20(19)16-7-9-17(10-8-16)28(4)5/h6-12,20H,1-5H3,(H,24,30)(H,23,25,27). The normalized spacial score (nSPS) is 15.4. The molecule has 0 saturated carbocycles. The number of hydrogen-bond acceptors (Lipinski definition) is 6. The molecule has 0 saturated heterocycles. The van der Waals surface area contributed by atoms with Crippen LogP contribution in [0.2, 0.25) is 0 Å². The Morgan fingerprint density at radius 3 is 2.50 bits per heavy atom. The SMILES string of the molecule is CC1=C(C(=O)Nc2ccc(C)cc2C)C(c2ccc(N(C)C)cc2)n2nnnc2N1. The van der Waals surface area contributed by atoms with Crippen molar-refractivity contribution in [3.63, 3.8) is 0 Å². The van der Waals surface area contributed by atoms with Crippen LogP contribution in [0.25, 0.3) is 0 Å². The number of rotatable bonds is 4. The molecule has 4 rings (SSSR count). The number of benzene rings is 2. The van der Waals surface area contributed by atoms with Crippen LogP contribution in [0.5, 0.6) is 0 Å². The minimum atomic E-state index is -0.432. The lowest BCUT2D eigenvalue weighted by Crippen LogP contribution is -2.31. The number of aryl methyl sites for hydroxylation is 2. The molecule has 2 N–H and O–H groups in total. The van der Waals surface area contributed by atoms with Gasteiger partial charge in [0, 0.05) is 31.2 Å². The van der Waals surface area contributed by atoms with Crippen LogP contribution in [-0.4, -0.2) is 40.2 Å². The van der Waals surface area contributed by atoms with Gasteiger partial charge in [-0.05, 0) is 60.5 Å². The molecule has 0 bridgehead atoms. The molecule has 0 spiro atoms. The summed E-state index contributed by atoms with van der Waals surface area (Å²) >= 11 is 0. The molecule has 2 heterocycles. The lowest BCUT2D eigenvalue weighted by molar-refractivity contribution is -0.113. The summed E-state index contributed by atoms with van der Waals surface area (Å²) in [5, 5.41) is 18.2. The predicted octanol–water partition coefficient (Wildman–Crippen LogP) is 3.28. The van der Waals surface area contributed by atoms with Gasteiger partial charge in [-0.3, -0.25) is 4.79 Å². The zero-order valence-corrected chi connectivity index (χ0v) is 17.8. The van der Waals surface area contributed by atoms with Gasteiger partial charge in [-0.15, -0.1) is 0 Å². The lowest BCUT2D eigenvalue weighted by Gasteiger charge is -2.28. The van der Waals surface area contributed by atoms with Crippen molar-refractivity contribution in [1.29, 1.82) is 0 Å². The van der Waals surface area contributed by atoms with Crippen LogP contribution in [-0.2, 0) is 4.79 Å². The zero-order chi connectivity index (χ0) is 21.4. The van der Waals surface area contributed by atoms with E-state index < -0.39 is 6.04 Å². The monoisotopic (exact) mass is 403 g/mol. The number of carbonyl (C=O) groups excluding carboxylic acids is 1. The molecule has 8 heteroatoms. The van der Waals surface area contributed by atoms with E-state index in [0.29, 0.717) is 11.5 Å². The van der Waals surface area contributed by atoms with Crippen LogP contribution in [0.4, 0.5) is 17.3 Å². The van der Waals surface area contributed by atoms with Gasteiger partial charge in [-0.25, -0.2) is 0 Å². The van der Waals surface area contributed by atoms with E-state index in [4.69, 9.17) is 0 Å². The summed E-state index contributed by atoms with van der Waals surface area (Å²) in [5.74, 6) is 0.326. The van der Waals surface area contributed by atoms with Gasteiger partial charge in [-0.2, -0.15) is 4.68 Å². The first-order valence-electron chi connectivity index (χ1n) is 9.76. The maximum absolute atomic E-state index is 13.4. The minimum Gasteiger partial charge on any atom is -0.378 e. The molecule has 1 aromatic heterocycles. The number of nitrogens with one attached hydrogen (secondary N) is 2. The fourth-order valence-corrected chi connectivity index (χ4v) is 3.71. The van der Waals surface area contributed by atoms with Gasteiger partial charge in [0.05, 0.1) is 5.57 Å². The number of allylic oxidation sites excluding steroid dienone is 1. The van der Waals surface area contributed by atoms with Crippen LogP contribution < -0.4 is 15.5 Å². The van der Waals surface area contributed by atoms with Gasteiger partial charge in [0.2, 0.25) is 5.95 Å². The van der Waals surface area contributed by atoms with Gasteiger partial charge in [0.25, 0.3) is 5.91 Å². The highest BCUT2D eigenvalue weighted by Gasteiger charge is 2.34. The van der Waals surface area contributed by atoms with Crippen molar-refractivity contribution >= 4 is 23.2 Å². The van der Waals surface area contributed by atoms with Gasteiger partial charge in [0.1, 0.15) is 6.04 Å². The average molecular weight is 403 g/mol. The lowest BCUT2D eigenvalue weighted by atomic mass is 9.94. The Hall–Kier alpha value is -3.68. The average Bonchev–Trinajstić information content (AvgIpc) is 3.17. The number of tetrazole rings is 1. The Morgan fingerprint density at radius 1 is 1.10 bits per heavy atom. The van der Waals surface area contributed by atoms with Crippen molar-refractivity contribution in [2.75, 3.05) is 29.6 Å². The molecule has 0 fully saturated rings. The summed E-state index contributed by atoms with van der Waals surface area (Å²) in [7, 11) is 3.98. The molecule has 1 atom stereocenters. The molecule has 0 radical (unpaired) electrons. The summed E-state index contributed by atoms with van der Waals surface area (Å²) in [6.07, 6.45) is 0. The first-order chi connectivity index (χ1) is 14.3. The van der Waals surface area contributed by atoms with Crippen LogP contribution in [0.3, 0.4) is 0 Å². The molecule has 1 amide bonds. The summed E-state index contributed by atoms with van der Waals surface area (Å²) in [5.41, 5.74) is 6.26. The number of amides is 1. The Kier molecular flexibility index (Phi) is 4.99. The topological polar surface area (TPSA) is 88.0 Å². The number of hydrogen-bond donors (Lipinski definition) is 2. The fraction of sp³-hybridized carbons (Fsp3) is 0.273. The van der Waals surface area contributed by atoms with Crippen molar-refractivity contribution in [2.45, 2.75) is 26.8 Å². The molecule has 2 aromatic carbocycles. The van der Waals surface area contributed by atoms with Gasteiger partial charge in [-0.1, -0.05) is 34.9 Å². The summed E-state index contributed by atoms with van der Waals surface area (Å²) in [6, 6.07) is 13.6. The van der Waals surface area contributed by atoms with Gasteiger partial charge < -0.3 is 15.5 Å². The van der Waals surface area contributed by atoms with Crippen LogP contribution in [0, 0.1) is 13.8 Å². The number of fused-ring (bicyclic) bond motifs is 1. The van der Waals surface area contributed by atoms with E-state index >= 15 is 0 Å². The van der Waals surface area contributed by atoms with E-state index in [1.54, 1.807) is 4.68 Å². The summed E-state index contributed by atoms with van der Waals surface area (Å²) in [4.78, 5) is 15.4. The third-order valence-corrected chi connectivity index (χ3v) is 5.31. The molecule has 1 aliphatic heterocycles. The summed E-state index contributed by atoms with van der Waals surface area (Å²) < 4.78 is 1.65. The second kappa shape index (κ2) is 7.62. The van der Waals surface area contributed by atoms with E-state index in [1.165, 1.54) is 0 Å². The van der Waals surface area contributed by atoms with Crippen molar-refractivity contribution in [3.8, 4) is 0 Å². The quantitative estimate of drug-likeness (QED) is 0.695. The van der Waals surface area contributed by atoms with Crippen LogP contribution in [0.1, 0.15) is 29.7 Å². The molecule has 1 unspecified atom stereocenters. The van der Waals surface area contributed by atoms with Crippen molar-refractivity contribution in [2.24, 2.45) is 0 Å². The molecule has 0 aliphatic carbocycles. The van der Waals surface area contributed by atoms with Gasteiger partial charge in [0.15, 0.2) is 0 Å². The number of nitrogens with zero attached hydrogens (tertiary/aromatic N) is 5. The highest BCUT2D eigenvalue weighted by molar-refractivity contribution is 6.06. The smallest absolute Gasteiger partial charge is 0.255 e. The van der Waals surface area contributed by atoms with Crippen LogP contribution >= 0.6 is 0 Å². The van der Waals surface area contributed by atoms with Crippen molar-refractivity contribution in [3.05, 3.63) is 70.4 Å². The molecule has 154 valence electrons. The van der Waals surface area contributed by atoms with Crippen molar-refractivity contribution < 1.29 is 4.79 Å². The predicted molar refractivity (Wildman–Crippen MR) is 118 cm³/mol. The molecule has 30 heavy (non-hydrogen) atoms. The maximum atomic E-state index is 13.4. The van der Waals surface area contributed by atoms with E-state index in [0.717, 1.165) is 33.8 Å². The first kappa shape index (κ1) is 19.6.